The van der Waals surface area contributed by atoms with Crippen molar-refractivity contribution in [1.82, 2.24) is 9.80 Å². The molecule has 2 heterocycles. The number of rotatable bonds is 0. The second-order valence-corrected chi connectivity index (χ2v) is 3.67. The molecular formula is C9H14N2O2. The summed E-state index contributed by atoms with van der Waals surface area (Å²) < 4.78 is 4.70. The number of amides is 1. The lowest BCUT2D eigenvalue weighted by atomic mass is 10.1. The lowest BCUT2D eigenvalue weighted by Gasteiger charge is -2.29. The highest BCUT2D eigenvalue weighted by Crippen LogP contribution is 2.33. The van der Waals surface area contributed by atoms with Gasteiger partial charge in [-0.1, -0.05) is 6.58 Å². The van der Waals surface area contributed by atoms with E-state index in [0.717, 1.165) is 18.7 Å². The van der Waals surface area contributed by atoms with Crippen LogP contribution in [0.1, 0.15) is 0 Å². The zero-order valence-electron chi connectivity index (χ0n) is 7.99. The molecule has 2 aliphatic rings. The van der Waals surface area contributed by atoms with Gasteiger partial charge in [-0.15, -0.1) is 0 Å². The predicted molar refractivity (Wildman–Crippen MR) is 48.5 cm³/mol. The number of methoxy groups -OCH3 is 1. The minimum Gasteiger partial charge on any atom is -0.453 e. The van der Waals surface area contributed by atoms with E-state index in [1.54, 1.807) is 4.90 Å². The van der Waals surface area contributed by atoms with Gasteiger partial charge in [-0.2, -0.15) is 0 Å². The van der Waals surface area contributed by atoms with E-state index in [0.29, 0.717) is 6.04 Å². The van der Waals surface area contributed by atoms with Crippen LogP contribution in [0, 0.1) is 0 Å². The van der Waals surface area contributed by atoms with Crippen LogP contribution in [-0.4, -0.2) is 55.2 Å². The van der Waals surface area contributed by atoms with Crippen molar-refractivity contribution in [2.24, 2.45) is 0 Å². The summed E-state index contributed by atoms with van der Waals surface area (Å²) in [5.41, 5.74) is 1.15. The van der Waals surface area contributed by atoms with Gasteiger partial charge in [-0.05, 0) is 12.6 Å². The van der Waals surface area contributed by atoms with Crippen LogP contribution >= 0.6 is 0 Å². The Bertz CT molecular complexity index is 264. The third-order valence-corrected chi connectivity index (χ3v) is 3.00. The maximum atomic E-state index is 11.3. The second kappa shape index (κ2) is 2.73. The molecule has 0 radical (unpaired) electrons. The summed E-state index contributed by atoms with van der Waals surface area (Å²) in [7, 11) is 3.48. The quantitative estimate of drug-likeness (QED) is 0.505. The highest BCUT2D eigenvalue weighted by atomic mass is 16.5. The summed E-state index contributed by atoms with van der Waals surface area (Å²) in [6, 6.07) is 0.506. The van der Waals surface area contributed by atoms with Gasteiger partial charge in [0.15, 0.2) is 0 Å². The largest absolute Gasteiger partial charge is 0.453 e. The normalized spacial score (nSPS) is 32.8. The number of likely N-dealkylation sites (tertiary alicyclic amines) is 2. The molecule has 0 aromatic rings. The third kappa shape index (κ3) is 1.05. The first kappa shape index (κ1) is 8.56. The molecule has 0 spiro atoms. The molecule has 2 rings (SSSR count). The molecule has 0 saturated carbocycles. The number of nitrogens with zero attached hydrogens (tertiary/aromatic N) is 2. The van der Waals surface area contributed by atoms with Gasteiger partial charge in [0.05, 0.1) is 19.2 Å². The van der Waals surface area contributed by atoms with Gasteiger partial charge in [0.2, 0.25) is 0 Å². The van der Waals surface area contributed by atoms with Crippen LogP contribution in [0.4, 0.5) is 4.79 Å². The summed E-state index contributed by atoms with van der Waals surface area (Å²) in [6.07, 6.45) is -0.234. The number of hydrogen-bond donors (Lipinski definition) is 0. The summed E-state index contributed by atoms with van der Waals surface area (Å²) >= 11 is 0. The maximum absolute atomic E-state index is 11.3. The van der Waals surface area contributed by atoms with E-state index < -0.39 is 0 Å². The Morgan fingerprint density at radius 3 is 2.62 bits per heavy atom. The molecular weight excluding hydrogens is 168 g/mol. The Kier molecular flexibility index (Phi) is 1.80. The molecule has 2 fully saturated rings. The van der Waals surface area contributed by atoms with Crippen LogP contribution < -0.4 is 0 Å². The third-order valence-electron chi connectivity index (χ3n) is 3.00. The van der Waals surface area contributed by atoms with Crippen molar-refractivity contribution in [2.75, 3.05) is 27.2 Å². The van der Waals surface area contributed by atoms with Gasteiger partial charge in [0.1, 0.15) is 0 Å². The summed E-state index contributed by atoms with van der Waals surface area (Å²) in [5, 5.41) is 0. The van der Waals surface area contributed by atoms with Crippen LogP contribution in [0.3, 0.4) is 0 Å². The first-order valence-electron chi connectivity index (χ1n) is 4.38. The van der Waals surface area contributed by atoms with Gasteiger partial charge < -0.3 is 4.74 Å². The van der Waals surface area contributed by atoms with Gasteiger partial charge in [0.25, 0.3) is 0 Å². The highest BCUT2D eigenvalue weighted by molar-refractivity contribution is 5.70. The SMILES string of the molecule is C=C1[C@@H]2CN(C(=O)OC)[C@H]1CN2C. The fourth-order valence-corrected chi connectivity index (χ4v) is 2.21. The van der Waals surface area contributed by atoms with Crippen molar-refractivity contribution in [1.29, 1.82) is 0 Å². The average Bonchev–Trinajstić information content (AvgIpc) is 2.57. The molecule has 1 amide bonds. The van der Waals surface area contributed by atoms with E-state index in [2.05, 4.69) is 18.5 Å². The number of carbonyl (C=O) groups excluding carboxylic acids is 1. The molecule has 13 heavy (non-hydrogen) atoms. The van der Waals surface area contributed by atoms with E-state index in [9.17, 15) is 4.79 Å². The lowest BCUT2D eigenvalue weighted by molar-refractivity contribution is 0.0960. The zero-order chi connectivity index (χ0) is 9.59. The molecule has 2 saturated heterocycles. The van der Waals surface area contributed by atoms with Crippen LogP contribution in [-0.2, 0) is 4.74 Å². The van der Waals surface area contributed by atoms with Gasteiger partial charge in [-0.3, -0.25) is 9.80 Å². The molecule has 4 heteroatoms. The van der Waals surface area contributed by atoms with Crippen molar-refractivity contribution < 1.29 is 9.53 Å². The van der Waals surface area contributed by atoms with Crippen LogP contribution in [0.25, 0.3) is 0 Å². The smallest absolute Gasteiger partial charge is 0.410 e. The van der Waals surface area contributed by atoms with Crippen molar-refractivity contribution in [3.63, 3.8) is 0 Å². The van der Waals surface area contributed by atoms with Crippen LogP contribution in [0.15, 0.2) is 12.2 Å². The Morgan fingerprint density at radius 2 is 2.23 bits per heavy atom. The topological polar surface area (TPSA) is 32.8 Å². The Morgan fingerprint density at radius 1 is 1.54 bits per heavy atom. The number of likely N-dealkylation sites (N-methyl/N-ethyl adjacent to an activating group) is 1. The Hall–Kier alpha value is -1.03. The number of fused-ring (bicyclic) bond motifs is 2. The van der Waals surface area contributed by atoms with Gasteiger partial charge in [0, 0.05) is 13.1 Å². The molecule has 4 nitrogen and oxygen atoms in total. The molecule has 0 aromatic heterocycles. The summed E-state index contributed by atoms with van der Waals surface area (Å²) in [4.78, 5) is 15.3. The van der Waals surface area contributed by atoms with Crippen LogP contribution in [0.2, 0.25) is 0 Å². The number of piperazine rings is 1. The molecule has 2 aliphatic heterocycles. The molecule has 72 valence electrons. The van der Waals surface area contributed by atoms with E-state index in [1.165, 1.54) is 7.11 Å². The van der Waals surface area contributed by atoms with Gasteiger partial charge in [-0.25, -0.2) is 4.79 Å². The fourth-order valence-electron chi connectivity index (χ4n) is 2.21. The van der Waals surface area contributed by atoms with E-state index >= 15 is 0 Å². The number of ether oxygens (including phenoxy) is 1. The first-order valence-corrected chi connectivity index (χ1v) is 4.38. The van der Waals surface area contributed by atoms with Crippen molar-refractivity contribution in [2.45, 2.75) is 12.1 Å². The predicted octanol–water partition coefficient (Wildman–Crippen LogP) is 0.307. The van der Waals surface area contributed by atoms with Crippen LogP contribution in [0.5, 0.6) is 0 Å². The van der Waals surface area contributed by atoms with Crippen molar-refractivity contribution >= 4 is 6.09 Å². The maximum Gasteiger partial charge on any atom is 0.410 e. The van der Waals surface area contributed by atoms with Gasteiger partial charge >= 0.3 is 6.09 Å². The monoisotopic (exact) mass is 182 g/mol. The van der Waals surface area contributed by atoms with E-state index in [1.807, 2.05) is 0 Å². The minimum absolute atomic E-state index is 0.169. The Balaban J connectivity index is 2.15. The van der Waals surface area contributed by atoms with Crippen molar-refractivity contribution in [3.05, 3.63) is 12.2 Å². The highest BCUT2D eigenvalue weighted by Gasteiger charge is 2.47. The second-order valence-electron chi connectivity index (χ2n) is 3.67. The molecule has 0 N–H and O–H groups in total. The molecule has 2 bridgehead atoms. The molecule has 0 aliphatic carbocycles. The van der Waals surface area contributed by atoms with E-state index in [4.69, 9.17) is 4.74 Å². The first-order chi connectivity index (χ1) is 6.15. The Labute approximate surface area is 77.8 Å². The number of carbonyl (C=O) groups is 1. The lowest BCUT2D eigenvalue weighted by Crippen LogP contribution is -2.47. The number of hydrogen-bond acceptors (Lipinski definition) is 3. The fraction of sp³-hybridized carbons (Fsp3) is 0.667. The molecule has 0 unspecified atom stereocenters. The summed E-state index contributed by atoms with van der Waals surface area (Å²) in [6.45, 7) is 5.62. The minimum atomic E-state index is -0.234. The zero-order valence-corrected chi connectivity index (χ0v) is 7.99. The molecule has 2 atom stereocenters. The summed E-state index contributed by atoms with van der Waals surface area (Å²) in [5.74, 6) is 0. The standard InChI is InChI=1S/C9H14N2O2/c1-6-7-5-11(9(12)13-3)8(6)4-10(7)2/h7-8H,1,4-5H2,2-3H3/t7-,8-/m0/s1. The van der Waals surface area contributed by atoms with E-state index in [-0.39, 0.29) is 12.1 Å². The van der Waals surface area contributed by atoms with Crippen molar-refractivity contribution in [3.8, 4) is 0 Å². The molecule has 0 aromatic carbocycles. The average molecular weight is 182 g/mol.